The van der Waals surface area contributed by atoms with Crippen LogP contribution in [-0.2, 0) is 12.8 Å². The van der Waals surface area contributed by atoms with Gasteiger partial charge in [-0.05, 0) is 36.1 Å². The molecule has 144 valence electrons. The van der Waals surface area contributed by atoms with Crippen molar-refractivity contribution in [3.8, 4) is 5.75 Å². The van der Waals surface area contributed by atoms with E-state index in [0.717, 1.165) is 50.3 Å². The first-order chi connectivity index (χ1) is 13.2. The number of aryl methyl sites for hydroxylation is 1. The number of nitrogens with zero attached hydrogens (tertiary/aromatic N) is 2. The van der Waals surface area contributed by atoms with Crippen LogP contribution in [-0.4, -0.2) is 50.8 Å². The molecule has 2 aromatic carbocycles. The minimum absolute atomic E-state index is 0.0216. The second-order valence-corrected chi connectivity index (χ2v) is 6.75. The molecule has 1 heterocycles. The lowest BCUT2D eigenvalue weighted by molar-refractivity contribution is 0.194. The van der Waals surface area contributed by atoms with Gasteiger partial charge >= 0.3 is 6.03 Å². The average Bonchev–Trinajstić information content (AvgIpc) is 2.74. The molecule has 0 spiro atoms. The van der Waals surface area contributed by atoms with E-state index >= 15 is 0 Å². The first-order valence-corrected chi connectivity index (χ1v) is 9.70. The summed E-state index contributed by atoms with van der Waals surface area (Å²) in [6.07, 6.45) is 1.79. The Labute approximate surface area is 161 Å². The monoisotopic (exact) mass is 367 g/mol. The Kier molecular flexibility index (Phi) is 6.58. The normalized spacial score (nSPS) is 14.1. The van der Waals surface area contributed by atoms with Crippen LogP contribution in [0.3, 0.4) is 0 Å². The zero-order valence-corrected chi connectivity index (χ0v) is 16.3. The van der Waals surface area contributed by atoms with Crippen LogP contribution in [0.2, 0.25) is 0 Å². The highest BCUT2D eigenvalue weighted by molar-refractivity contribution is 5.74. The van der Waals surface area contributed by atoms with Crippen LogP contribution in [0.5, 0.6) is 5.75 Å². The molecular weight excluding hydrogens is 338 g/mol. The van der Waals surface area contributed by atoms with Gasteiger partial charge in [0.25, 0.3) is 0 Å². The predicted octanol–water partition coefficient (Wildman–Crippen LogP) is 3.33. The number of carbonyl (C=O) groups excluding carboxylic acids is 1. The molecule has 0 bridgehead atoms. The number of hydrogen-bond donors (Lipinski definition) is 1. The summed E-state index contributed by atoms with van der Waals surface area (Å²) in [5.74, 6) is 0.870. The van der Waals surface area contributed by atoms with E-state index in [2.05, 4.69) is 41.4 Å². The fourth-order valence-corrected chi connectivity index (χ4v) is 3.59. The van der Waals surface area contributed by atoms with Crippen molar-refractivity contribution in [1.29, 1.82) is 0 Å². The molecule has 0 saturated carbocycles. The fraction of sp³-hybridized carbons (Fsp3) is 0.409. The van der Waals surface area contributed by atoms with Crippen molar-refractivity contribution in [2.75, 3.05) is 44.7 Å². The quantitative estimate of drug-likeness (QED) is 0.852. The molecule has 5 heteroatoms. The number of hydrogen-bond acceptors (Lipinski definition) is 3. The molecule has 2 amide bonds. The summed E-state index contributed by atoms with van der Waals surface area (Å²) in [7, 11) is 1.67. The van der Waals surface area contributed by atoms with Crippen LogP contribution in [0.15, 0.2) is 48.5 Å². The molecule has 1 fully saturated rings. The summed E-state index contributed by atoms with van der Waals surface area (Å²) in [6, 6.07) is 16.5. The van der Waals surface area contributed by atoms with Gasteiger partial charge in [-0.25, -0.2) is 4.79 Å². The zero-order chi connectivity index (χ0) is 19.1. The lowest BCUT2D eigenvalue weighted by atomic mass is 10.1. The number of benzene rings is 2. The standard InChI is InChI=1S/C22H29N3O2/c1-3-18-8-4-6-10-20(18)24-14-16-25(17-15-24)22(26)23-13-12-19-9-5-7-11-21(19)27-2/h4-11H,3,12-17H2,1-2H3,(H,23,26). The lowest BCUT2D eigenvalue weighted by Crippen LogP contribution is -2.52. The number of urea groups is 1. The van der Waals surface area contributed by atoms with Crippen LogP contribution in [0.1, 0.15) is 18.1 Å². The van der Waals surface area contributed by atoms with Crippen molar-refractivity contribution in [3.63, 3.8) is 0 Å². The zero-order valence-electron chi connectivity index (χ0n) is 16.3. The molecule has 0 aromatic heterocycles. The first kappa shape index (κ1) is 19.1. The summed E-state index contributed by atoms with van der Waals surface area (Å²) >= 11 is 0. The third-order valence-electron chi connectivity index (χ3n) is 5.14. The van der Waals surface area contributed by atoms with E-state index in [-0.39, 0.29) is 6.03 Å². The maximum absolute atomic E-state index is 12.5. The van der Waals surface area contributed by atoms with E-state index in [0.29, 0.717) is 6.54 Å². The van der Waals surface area contributed by atoms with Crippen molar-refractivity contribution in [3.05, 3.63) is 59.7 Å². The predicted molar refractivity (Wildman–Crippen MR) is 110 cm³/mol. The van der Waals surface area contributed by atoms with Gasteiger partial charge < -0.3 is 19.9 Å². The first-order valence-electron chi connectivity index (χ1n) is 9.70. The van der Waals surface area contributed by atoms with E-state index in [1.54, 1.807) is 7.11 Å². The molecule has 1 saturated heterocycles. The van der Waals surface area contributed by atoms with Crippen LogP contribution in [0, 0.1) is 0 Å². The molecule has 0 atom stereocenters. The molecule has 0 radical (unpaired) electrons. The SMILES string of the molecule is CCc1ccccc1N1CCN(C(=O)NCCc2ccccc2OC)CC1. The van der Waals surface area contributed by atoms with Gasteiger partial charge in [0.2, 0.25) is 0 Å². The molecule has 1 aliphatic heterocycles. The van der Waals surface area contributed by atoms with Gasteiger partial charge in [0.1, 0.15) is 5.75 Å². The highest BCUT2D eigenvalue weighted by Crippen LogP contribution is 2.22. The van der Waals surface area contributed by atoms with Crippen LogP contribution in [0.25, 0.3) is 0 Å². The number of nitrogens with one attached hydrogen (secondary N) is 1. The third-order valence-corrected chi connectivity index (χ3v) is 5.14. The Morgan fingerprint density at radius 3 is 2.37 bits per heavy atom. The third kappa shape index (κ3) is 4.73. The number of carbonyl (C=O) groups is 1. The van der Waals surface area contributed by atoms with E-state index < -0.39 is 0 Å². The smallest absolute Gasteiger partial charge is 0.317 e. The number of anilines is 1. The van der Waals surface area contributed by atoms with Gasteiger partial charge in [0.05, 0.1) is 7.11 Å². The number of ether oxygens (including phenoxy) is 1. The summed E-state index contributed by atoms with van der Waals surface area (Å²) in [4.78, 5) is 16.8. The summed E-state index contributed by atoms with van der Waals surface area (Å²) < 4.78 is 5.36. The maximum atomic E-state index is 12.5. The van der Waals surface area contributed by atoms with Crippen LogP contribution >= 0.6 is 0 Å². The Hall–Kier alpha value is -2.69. The maximum Gasteiger partial charge on any atom is 0.317 e. The van der Waals surface area contributed by atoms with Crippen molar-refractivity contribution in [1.82, 2.24) is 10.2 Å². The molecular formula is C22H29N3O2. The Balaban J connectivity index is 1.47. The molecule has 0 unspecified atom stereocenters. The lowest BCUT2D eigenvalue weighted by Gasteiger charge is -2.37. The second kappa shape index (κ2) is 9.31. The van der Waals surface area contributed by atoms with E-state index in [9.17, 15) is 4.79 Å². The van der Waals surface area contributed by atoms with Gasteiger partial charge in [0, 0.05) is 38.4 Å². The van der Waals surface area contributed by atoms with Gasteiger partial charge in [-0.15, -0.1) is 0 Å². The molecule has 1 aliphatic rings. The van der Waals surface area contributed by atoms with Gasteiger partial charge in [-0.1, -0.05) is 43.3 Å². The molecule has 3 rings (SSSR count). The van der Waals surface area contributed by atoms with Gasteiger partial charge in [-0.3, -0.25) is 0 Å². The Morgan fingerprint density at radius 2 is 1.67 bits per heavy atom. The number of amides is 2. The fourth-order valence-electron chi connectivity index (χ4n) is 3.59. The highest BCUT2D eigenvalue weighted by atomic mass is 16.5. The van der Waals surface area contributed by atoms with Crippen molar-refractivity contribution in [2.24, 2.45) is 0 Å². The minimum Gasteiger partial charge on any atom is -0.496 e. The Morgan fingerprint density at radius 1 is 1.00 bits per heavy atom. The number of para-hydroxylation sites is 2. The minimum atomic E-state index is 0.0216. The van der Waals surface area contributed by atoms with Crippen molar-refractivity contribution in [2.45, 2.75) is 19.8 Å². The van der Waals surface area contributed by atoms with Crippen LogP contribution in [0.4, 0.5) is 10.5 Å². The largest absolute Gasteiger partial charge is 0.496 e. The van der Waals surface area contributed by atoms with Crippen molar-refractivity contribution < 1.29 is 9.53 Å². The van der Waals surface area contributed by atoms with Crippen LogP contribution < -0.4 is 15.0 Å². The average molecular weight is 367 g/mol. The summed E-state index contributed by atoms with van der Waals surface area (Å²) in [5.41, 5.74) is 3.78. The highest BCUT2D eigenvalue weighted by Gasteiger charge is 2.22. The van der Waals surface area contributed by atoms with E-state index in [1.165, 1.54) is 11.3 Å². The number of methoxy groups -OCH3 is 1. The molecule has 27 heavy (non-hydrogen) atoms. The van der Waals surface area contributed by atoms with Gasteiger partial charge in [0.15, 0.2) is 0 Å². The second-order valence-electron chi connectivity index (χ2n) is 6.75. The molecule has 0 aliphatic carbocycles. The molecule has 1 N–H and O–H groups in total. The number of piperazine rings is 1. The summed E-state index contributed by atoms with van der Waals surface area (Å²) in [5, 5.41) is 3.04. The van der Waals surface area contributed by atoms with Gasteiger partial charge in [-0.2, -0.15) is 0 Å². The Bertz CT molecular complexity index is 755. The molecule has 2 aromatic rings. The van der Waals surface area contributed by atoms with E-state index in [4.69, 9.17) is 4.74 Å². The van der Waals surface area contributed by atoms with Crippen molar-refractivity contribution >= 4 is 11.7 Å². The topological polar surface area (TPSA) is 44.8 Å². The molecule has 5 nitrogen and oxygen atoms in total. The summed E-state index contributed by atoms with van der Waals surface area (Å²) in [6.45, 7) is 6.04. The van der Waals surface area contributed by atoms with E-state index in [1.807, 2.05) is 29.2 Å². The number of rotatable bonds is 6.